The van der Waals surface area contributed by atoms with E-state index in [2.05, 4.69) is 5.32 Å². The fourth-order valence-electron chi connectivity index (χ4n) is 3.51. The molecule has 31 heavy (non-hydrogen) atoms. The van der Waals surface area contributed by atoms with E-state index in [1.807, 2.05) is 0 Å². The number of hydrogen-bond donors (Lipinski definition) is 2. The first-order valence-corrected chi connectivity index (χ1v) is 11.7. The number of para-hydroxylation sites is 1. The van der Waals surface area contributed by atoms with Gasteiger partial charge in [-0.15, -0.1) is 0 Å². The van der Waals surface area contributed by atoms with Crippen LogP contribution in [0.25, 0.3) is 0 Å². The number of carboxylic acid groups (broad SMARTS) is 1. The van der Waals surface area contributed by atoms with Gasteiger partial charge in [-0.1, -0.05) is 30.3 Å². The molecule has 1 fully saturated rings. The zero-order chi connectivity index (χ0) is 22.4. The molecule has 0 spiro atoms. The van der Waals surface area contributed by atoms with Crippen molar-refractivity contribution in [2.75, 3.05) is 24.2 Å². The van der Waals surface area contributed by atoms with Crippen molar-refractivity contribution < 1.29 is 27.9 Å². The highest BCUT2D eigenvalue weighted by atomic mass is 32.2. The van der Waals surface area contributed by atoms with Gasteiger partial charge in [0.1, 0.15) is 5.75 Å². The summed E-state index contributed by atoms with van der Waals surface area (Å²) in [6, 6.07) is 14.7. The summed E-state index contributed by atoms with van der Waals surface area (Å²) in [7, 11) is -3.70. The largest absolute Gasteiger partial charge is 0.481 e. The van der Waals surface area contributed by atoms with E-state index < -0.39 is 33.4 Å². The van der Waals surface area contributed by atoms with E-state index >= 15 is 0 Å². The Hall–Kier alpha value is -3.20. The first-order valence-electron chi connectivity index (χ1n) is 9.90. The molecule has 0 radical (unpaired) electrons. The second kappa shape index (κ2) is 9.74. The Bertz CT molecular complexity index is 1050. The van der Waals surface area contributed by atoms with Gasteiger partial charge >= 0.3 is 5.97 Å². The van der Waals surface area contributed by atoms with E-state index in [9.17, 15) is 27.9 Å². The van der Waals surface area contributed by atoms with E-state index in [0.717, 1.165) is 0 Å². The van der Waals surface area contributed by atoms with Crippen LogP contribution in [0.5, 0.6) is 0 Å². The maximum atomic E-state index is 12.6. The molecular weight excluding hydrogens is 420 g/mol. The number of benzene rings is 2. The minimum Gasteiger partial charge on any atom is -0.481 e. The lowest BCUT2D eigenvalue weighted by Gasteiger charge is -2.30. The van der Waals surface area contributed by atoms with Gasteiger partial charge in [0.25, 0.3) is 5.91 Å². The van der Waals surface area contributed by atoms with Crippen molar-refractivity contribution >= 4 is 33.3 Å². The number of sulfone groups is 1. The van der Waals surface area contributed by atoms with Gasteiger partial charge in [-0.2, -0.15) is 0 Å². The molecule has 1 heterocycles. The highest BCUT2D eigenvalue weighted by Gasteiger charge is 2.28. The standard InChI is InChI=1S/C22H24N2O6S/c25-20(23-19-6-2-1-3-7-19)15-31(29,30)14-16-8-10-17(11-9-16)21(26)24-12-4-5-18(13-24)22(27)28/h1-3,6-11,18H,4-5,12-15H2,(H,23,25)(H,27,28). The van der Waals surface area contributed by atoms with Crippen molar-refractivity contribution in [3.05, 3.63) is 65.7 Å². The SMILES string of the molecule is O=C(CS(=O)(=O)Cc1ccc(C(=O)N2CCCC(C(=O)O)C2)cc1)Nc1ccccc1. The Balaban J connectivity index is 1.58. The topological polar surface area (TPSA) is 121 Å². The van der Waals surface area contributed by atoms with Gasteiger partial charge < -0.3 is 15.3 Å². The van der Waals surface area contributed by atoms with E-state index in [-0.39, 0.29) is 18.2 Å². The summed E-state index contributed by atoms with van der Waals surface area (Å²) in [4.78, 5) is 37.4. The summed E-state index contributed by atoms with van der Waals surface area (Å²) < 4.78 is 24.8. The molecule has 1 saturated heterocycles. The Labute approximate surface area is 180 Å². The van der Waals surface area contributed by atoms with Crippen LogP contribution in [0, 0.1) is 5.92 Å². The van der Waals surface area contributed by atoms with Crippen LogP contribution in [0.2, 0.25) is 0 Å². The molecule has 1 aliphatic rings. The molecule has 2 aromatic carbocycles. The van der Waals surface area contributed by atoms with E-state index in [1.165, 1.54) is 17.0 Å². The molecule has 8 nitrogen and oxygen atoms in total. The summed E-state index contributed by atoms with van der Waals surface area (Å²) in [5, 5.41) is 11.7. The molecule has 1 atom stereocenters. The van der Waals surface area contributed by atoms with Crippen LogP contribution >= 0.6 is 0 Å². The van der Waals surface area contributed by atoms with Gasteiger partial charge in [0, 0.05) is 24.3 Å². The number of carbonyl (C=O) groups excluding carboxylic acids is 2. The minimum atomic E-state index is -3.70. The average molecular weight is 445 g/mol. The molecular formula is C22H24N2O6S. The summed E-state index contributed by atoms with van der Waals surface area (Å²) >= 11 is 0. The Morgan fingerprint density at radius 2 is 1.71 bits per heavy atom. The van der Waals surface area contributed by atoms with Crippen LogP contribution in [0.4, 0.5) is 5.69 Å². The molecule has 1 unspecified atom stereocenters. The van der Waals surface area contributed by atoms with E-state index in [4.69, 9.17) is 0 Å². The van der Waals surface area contributed by atoms with Crippen LogP contribution in [0.15, 0.2) is 54.6 Å². The molecule has 0 aromatic heterocycles. The second-order valence-electron chi connectivity index (χ2n) is 7.57. The van der Waals surface area contributed by atoms with Crippen molar-refractivity contribution in [2.45, 2.75) is 18.6 Å². The van der Waals surface area contributed by atoms with Gasteiger partial charge in [0.2, 0.25) is 5.91 Å². The summed E-state index contributed by atoms with van der Waals surface area (Å²) in [5.41, 5.74) is 1.36. The van der Waals surface area contributed by atoms with Crippen LogP contribution < -0.4 is 5.32 Å². The number of anilines is 1. The van der Waals surface area contributed by atoms with Gasteiger partial charge in [-0.25, -0.2) is 8.42 Å². The van der Waals surface area contributed by atoms with Gasteiger partial charge in [-0.05, 0) is 42.7 Å². The lowest BCUT2D eigenvalue weighted by Crippen LogP contribution is -2.42. The van der Waals surface area contributed by atoms with Crippen LogP contribution in [0.1, 0.15) is 28.8 Å². The molecule has 3 rings (SSSR count). The second-order valence-corrected chi connectivity index (χ2v) is 9.64. The molecule has 164 valence electrons. The summed E-state index contributed by atoms with van der Waals surface area (Å²) in [6.45, 7) is 0.663. The minimum absolute atomic E-state index is 0.167. The van der Waals surface area contributed by atoms with Crippen molar-refractivity contribution in [1.29, 1.82) is 0 Å². The lowest BCUT2D eigenvalue weighted by atomic mass is 9.97. The number of carboxylic acids is 1. The van der Waals surface area contributed by atoms with Crippen molar-refractivity contribution in [1.82, 2.24) is 4.90 Å². The highest BCUT2D eigenvalue weighted by molar-refractivity contribution is 7.91. The van der Waals surface area contributed by atoms with Crippen LogP contribution in [-0.4, -0.2) is 55.1 Å². The average Bonchev–Trinajstić information content (AvgIpc) is 2.73. The number of rotatable bonds is 7. The van der Waals surface area contributed by atoms with Crippen LogP contribution in [0.3, 0.4) is 0 Å². The number of nitrogens with zero attached hydrogens (tertiary/aromatic N) is 1. The van der Waals surface area contributed by atoms with E-state index in [0.29, 0.717) is 36.2 Å². The van der Waals surface area contributed by atoms with Gasteiger partial charge in [0.05, 0.1) is 11.7 Å². The smallest absolute Gasteiger partial charge is 0.308 e. The van der Waals surface area contributed by atoms with Gasteiger partial charge in [0.15, 0.2) is 9.84 Å². The molecule has 0 aliphatic carbocycles. The van der Waals surface area contributed by atoms with Crippen molar-refractivity contribution in [2.24, 2.45) is 5.92 Å². The third-order valence-corrected chi connectivity index (χ3v) is 6.53. The predicted octanol–water partition coefficient (Wildman–Crippen LogP) is 2.18. The van der Waals surface area contributed by atoms with E-state index in [1.54, 1.807) is 42.5 Å². The monoisotopic (exact) mass is 444 g/mol. The molecule has 9 heteroatoms. The first-order chi connectivity index (χ1) is 14.7. The highest BCUT2D eigenvalue weighted by Crippen LogP contribution is 2.19. The molecule has 0 bridgehead atoms. The lowest BCUT2D eigenvalue weighted by molar-refractivity contribution is -0.143. The predicted molar refractivity (Wildman–Crippen MR) is 115 cm³/mol. The third-order valence-electron chi connectivity index (χ3n) is 5.05. The number of amides is 2. The fourth-order valence-corrected chi connectivity index (χ4v) is 4.79. The Kier molecular flexibility index (Phi) is 7.06. The summed E-state index contributed by atoms with van der Waals surface area (Å²) in [5.74, 6) is -3.33. The third kappa shape index (κ3) is 6.39. The summed E-state index contributed by atoms with van der Waals surface area (Å²) in [6.07, 6.45) is 1.18. The number of nitrogens with one attached hydrogen (secondary N) is 1. The zero-order valence-electron chi connectivity index (χ0n) is 16.9. The zero-order valence-corrected chi connectivity index (χ0v) is 17.7. The quantitative estimate of drug-likeness (QED) is 0.675. The molecule has 2 N–H and O–H groups in total. The maximum absolute atomic E-state index is 12.6. The van der Waals surface area contributed by atoms with Crippen LogP contribution in [-0.2, 0) is 25.2 Å². The fraction of sp³-hybridized carbons (Fsp3) is 0.318. The Morgan fingerprint density at radius 3 is 2.35 bits per heavy atom. The molecule has 0 saturated carbocycles. The number of piperidine rings is 1. The Morgan fingerprint density at radius 1 is 1.03 bits per heavy atom. The number of hydrogen-bond acceptors (Lipinski definition) is 5. The molecule has 1 aliphatic heterocycles. The van der Waals surface area contributed by atoms with Gasteiger partial charge in [-0.3, -0.25) is 14.4 Å². The number of carbonyl (C=O) groups is 3. The normalized spacial score (nSPS) is 16.5. The van der Waals surface area contributed by atoms with Crippen molar-refractivity contribution in [3.63, 3.8) is 0 Å². The number of aliphatic carboxylic acids is 1. The van der Waals surface area contributed by atoms with Crippen molar-refractivity contribution in [3.8, 4) is 0 Å². The maximum Gasteiger partial charge on any atom is 0.308 e. The number of likely N-dealkylation sites (tertiary alicyclic amines) is 1. The first kappa shape index (κ1) is 22.5. The molecule has 2 aromatic rings. The molecule has 2 amide bonds.